The van der Waals surface area contributed by atoms with Crippen LogP contribution in [0.1, 0.15) is 47.6 Å². The van der Waals surface area contributed by atoms with Crippen molar-refractivity contribution in [1.82, 2.24) is 14.9 Å². The molecule has 1 heterocycles. The smallest absolute Gasteiger partial charge is 0.253 e. The first-order chi connectivity index (χ1) is 16.0. The van der Waals surface area contributed by atoms with Crippen molar-refractivity contribution in [1.29, 1.82) is 0 Å². The predicted molar refractivity (Wildman–Crippen MR) is 133 cm³/mol. The van der Waals surface area contributed by atoms with Gasteiger partial charge in [0.2, 0.25) is 0 Å². The Bertz CT molecular complexity index is 1230. The lowest BCUT2D eigenvalue weighted by molar-refractivity contribution is 0.0938. The topological polar surface area (TPSA) is 56.1 Å². The molecule has 5 nitrogen and oxygen atoms in total. The van der Waals surface area contributed by atoms with Crippen molar-refractivity contribution in [2.75, 3.05) is 6.61 Å². The molecule has 0 bridgehead atoms. The number of nitrogens with zero attached hydrogens (tertiary/aromatic N) is 2. The monoisotopic (exact) mass is 461 g/mol. The maximum Gasteiger partial charge on any atom is 0.253 e. The van der Waals surface area contributed by atoms with E-state index < -0.39 is 0 Å². The van der Waals surface area contributed by atoms with Gasteiger partial charge in [0.05, 0.1) is 34.3 Å². The maximum absolute atomic E-state index is 12.8. The summed E-state index contributed by atoms with van der Waals surface area (Å²) in [6.45, 7) is 5.46. The van der Waals surface area contributed by atoms with Crippen molar-refractivity contribution >= 4 is 28.5 Å². The summed E-state index contributed by atoms with van der Waals surface area (Å²) in [6.07, 6.45) is 1.85. The second-order valence-corrected chi connectivity index (χ2v) is 8.56. The van der Waals surface area contributed by atoms with Gasteiger partial charge in [-0.15, -0.1) is 0 Å². The summed E-state index contributed by atoms with van der Waals surface area (Å²) in [6, 6.07) is 22.9. The normalized spacial score (nSPS) is 12.0. The summed E-state index contributed by atoms with van der Waals surface area (Å²) in [5.41, 5.74) is 3.66. The fraction of sp³-hybridized carbons (Fsp3) is 0.259. The molecule has 0 fully saturated rings. The Kier molecular flexibility index (Phi) is 7.30. The lowest BCUT2D eigenvalue weighted by atomic mass is 10.2. The molecular weight excluding hydrogens is 434 g/mol. The number of nitrogens with one attached hydrogen (secondary N) is 1. The third-order valence-corrected chi connectivity index (χ3v) is 5.93. The van der Waals surface area contributed by atoms with Crippen LogP contribution in [0.15, 0.2) is 72.8 Å². The van der Waals surface area contributed by atoms with Gasteiger partial charge in [-0.05, 0) is 63.1 Å². The number of aromatic nitrogens is 2. The molecule has 1 aromatic heterocycles. The number of fused-ring (bicyclic) bond motifs is 1. The number of carbonyl (C=O) groups excluding carboxylic acids is 1. The van der Waals surface area contributed by atoms with E-state index >= 15 is 0 Å². The number of hydrogen-bond donors (Lipinski definition) is 1. The quantitative estimate of drug-likeness (QED) is 0.295. The molecule has 6 heteroatoms. The van der Waals surface area contributed by atoms with Crippen LogP contribution in [-0.4, -0.2) is 22.1 Å². The molecule has 0 saturated heterocycles. The Labute approximate surface area is 199 Å². The van der Waals surface area contributed by atoms with E-state index in [0.717, 1.165) is 42.0 Å². The van der Waals surface area contributed by atoms with Crippen LogP contribution in [0.2, 0.25) is 5.02 Å². The van der Waals surface area contributed by atoms with Gasteiger partial charge >= 0.3 is 0 Å². The highest BCUT2D eigenvalue weighted by Gasteiger charge is 2.20. The minimum atomic E-state index is -0.273. The number of hydrogen-bond acceptors (Lipinski definition) is 3. The zero-order chi connectivity index (χ0) is 23.2. The molecule has 0 aliphatic carbocycles. The Balaban J connectivity index is 1.43. The summed E-state index contributed by atoms with van der Waals surface area (Å²) >= 11 is 6.20. The van der Waals surface area contributed by atoms with E-state index in [1.807, 2.05) is 43.3 Å². The van der Waals surface area contributed by atoms with E-state index in [4.69, 9.17) is 21.3 Å². The number of unbranched alkanes of at least 4 members (excludes halogenated alkanes) is 1. The minimum absolute atomic E-state index is 0.210. The number of aryl methyl sites for hydroxylation is 2. The number of carbonyl (C=O) groups is 1. The molecule has 0 aliphatic heterocycles. The van der Waals surface area contributed by atoms with Crippen molar-refractivity contribution in [2.45, 2.75) is 39.3 Å². The number of imidazole rings is 1. The van der Waals surface area contributed by atoms with Gasteiger partial charge < -0.3 is 14.6 Å². The van der Waals surface area contributed by atoms with Crippen LogP contribution >= 0.6 is 11.6 Å². The number of rotatable bonds is 9. The second-order valence-electron chi connectivity index (χ2n) is 8.15. The van der Waals surface area contributed by atoms with Gasteiger partial charge in [-0.3, -0.25) is 4.79 Å². The van der Waals surface area contributed by atoms with Gasteiger partial charge in [-0.1, -0.05) is 53.6 Å². The lowest BCUT2D eigenvalue weighted by Crippen LogP contribution is -2.29. The summed E-state index contributed by atoms with van der Waals surface area (Å²) < 4.78 is 8.06. The van der Waals surface area contributed by atoms with Gasteiger partial charge in [-0.2, -0.15) is 0 Å². The van der Waals surface area contributed by atoms with E-state index in [1.165, 1.54) is 5.56 Å². The average Bonchev–Trinajstić information content (AvgIpc) is 3.19. The molecule has 0 aliphatic rings. The van der Waals surface area contributed by atoms with Gasteiger partial charge in [0.15, 0.2) is 0 Å². The summed E-state index contributed by atoms with van der Waals surface area (Å²) in [5.74, 6) is 1.51. The first kappa shape index (κ1) is 22.9. The molecule has 0 spiro atoms. The van der Waals surface area contributed by atoms with E-state index in [9.17, 15) is 4.79 Å². The summed E-state index contributed by atoms with van der Waals surface area (Å²) in [5, 5.41) is 3.49. The van der Waals surface area contributed by atoms with Crippen molar-refractivity contribution in [3.63, 3.8) is 0 Å². The fourth-order valence-corrected chi connectivity index (χ4v) is 4.06. The Morgan fingerprint density at radius 2 is 1.76 bits per heavy atom. The summed E-state index contributed by atoms with van der Waals surface area (Å²) in [7, 11) is 0. The highest BCUT2D eigenvalue weighted by molar-refractivity contribution is 6.33. The molecule has 3 aromatic carbocycles. The van der Waals surface area contributed by atoms with Crippen LogP contribution < -0.4 is 10.1 Å². The van der Waals surface area contributed by atoms with Crippen LogP contribution in [0.5, 0.6) is 5.75 Å². The van der Waals surface area contributed by atoms with Crippen molar-refractivity contribution in [3.8, 4) is 5.75 Å². The number of amides is 1. The number of halogens is 1. The van der Waals surface area contributed by atoms with Crippen LogP contribution in [0.4, 0.5) is 0 Å². The molecule has 33 heavy (non-hydrogen) atoms. The van der Waals surface area contributed by atoms with Crippen molar-refractivity contribution in [2.24, 2.45) is 0 Å². The predicted octanol–water partition coefficient (Wildman–Crippen LogP) is 6.35. The van der Waals surface area contributed by atoms with E-state index in [2.05, 4.69) is 35.0 Å². The lowest BCUT2D eigenvalue weighted by Gasteiger charge is -2.17. The largest absolute Gasteiger partial charge is 0.494 e. The molecule has 170 valence electrons. The molecule has 0 radical (unpaired) electrons. The minimum Gasteiger partial charge on any atom is -0.494 e. The second kappa shape index (κ2) is 10.5. The molecule has 4 rings (SSSR count). The van der Waals surface area contributed by atoms with E-state index in [0.29, 0.717) is 17.2 Å². The number of benzene rings is 3. The number of ether oxygens (including phenoxy) is 1. The first-order valence-corrected chi connectivity index (χ1v) is 11.6. The standard InChI is InChI=1S/C27H28ClN3O2/c1-19-13-15-21(16-14-19)33-18-8-7-17-31-25-12-6-5-11-24(25)30-26(31)20(2)29-27(32)22-9-3-4-10-23(22)28/h3-6,9-16,20H,7-8,17-18H2,1-2H3,(H,29,32). The third kappa shape index (κ3) is 5.55. The molecule has 1 unspecified atom stereocenters. The molecule has 1 N–H and O–H groups in total. The molecule has 0 saturated carbocycles. The Morgan fingerprint density at radius 3 is 2.55 bits per heavy atom. The van der Waals surface area contributed by atoms with Crippen LogP contribution in [-0.2, 0) is 6.54 Å². The van der Waals surface area contributed by atoms with Gasteiger partial charge in [-0.25, -0.2) is 4.98 Å². The van der Waals surface area contributed by atoms with Crippen LogP contribution in [0, 0.1) is 6.92 Å². The third-order valence-electron chi connectivity index (χ3n) is 5.60. The van der Waals surface area contributed by atoms with Gasteiger partial charge in [0.1, 0.15) is 11.6 Å². The van der Waals surface area contributed by atoms with E-state index in [1.54, 1.807) is 18.2 Å². The average molecular weight is 462 g/mol. The van der Waals surface area contributed by atoms with Crippen LogP contribution in [0.25, 0.3) is 11.0 Å². The van der Waals surface area contributed by atoms with E-state index in [-0.39, 0.29) is 11.9 Å². The zero-order valence-corrected chi connectivity index (χ0v) is 19.7. The van der Waals surface area contributed by atoms with Crippen molar-refractivity contribution < 1.29 is 9.53 Å². The van der Waals surface area contributed by atoms with Gasteiger partial charge in [0, 0.05) is 6.54 Å². The SMILES string of the molecule is Cc1ccc(OCCCCn2c(C(C)NC(=O)c3ccccc3Cl)nc3ccccc32)cc1. The number of para-hydroxylation sites is 2. The zero-order valence-electron chi connectivity index (χ0n) is 18.9. The Hall–Kier alpha value is -3.31. The fourth-order valence-electron chi connectivity index (χ4n) is 3.84. The molecule has 1 amide bonds. The van der Waals surface area contributed by atoms with Crippen LogP contribution in [0.3, 0.4) is 0 Å². The molecule has 4 aromatic rings. The van der Waals surface area contributed by atoms with Crippen molar-refractivity contribution in [3.05, 3.63) is 94.8 Å². The summed E-state index contributed by atoms with van der Waals surface area (Å²) in [4.78, 5) is 17.6. The maximum atomic E-state index is 12.8. The van der Waals surface area contributed by atoms with Gasteiger partial charge in [0.25, 0.3) is 5.91 Å². The molecule has 1 atom stereocenters. The first-order valence-electron chi connectivity index (χ1n) is 11.2. The Morgan fingerprint density at radius 1 is 1.03 bits per heavy atom. The highest BCUT2D eigenvalue weighted by atomic mass is 35.5. The highest BCUT2D eigenvalue weighted by Crippen LogP contribution is 2.23. The molecular formula is C27H28ClN3O2.